The first-order valence-corrected chi connectivity index (χ1v) is 7.51. The van der Waals surface area contributed by atoms with Gasteiger partial charge in [0.2, 0.25) is 5.13 Å². The highest BCUT2D eigenvalue weighted by Crippen LogP contribution is 2.19. The molecule has 3 rings (SSSR count). The molecule has 1 fully saturated rings. The Bertz CT molecular complexity index is 503. The van der Waals surface area contributed by atoms with Crippen LogP contribution in [0.2, 0.25) is 0 Å². The van der Waals surface area contributed by atoms with Crippen LogP contribution in [0, 0.1) is 0 Å². The predicted molar refractivity (Wildman–Crippen MR) is 78.9 cm³/mol. The SMILES string of the molecule is c1ccc(Cc2nsc(N3CCCNCC3)n2)cc1. The van der Waals surface area contributed by atoms with Crippen LogP contribution in [0.4, 0.5) is 5.13 Å². The van der Waals surface area contributed by atoms with E-state index in [-0.39, 0.29) is 0 Å². The number of hydrogen-bond donors (Lipinski definition) is 1. The Balaban J connectivity index is 1.68. The van der Waals surface area contributed by atoms with Gasteiger partial charge in [-0.3, -0.25) is 0 Å². The first-order valence-electron chi connectivity index (χ1n) is 6.74. The highest BCUT2D eigenvalue weighted by Gasteiger charge is 2.14. The summed E-state index contributed by atoms with van der Waals surface area (Å²) in [6.07, 6.45) is 2.00. The van der Waals surface area contributed by atoms with Crippen molar-refractivity contribution in [3.8, 4) is 0 Å². The second-order valence-electron chi connectivity index (χ2n) is 4.75. The number of aromatic nitrogens is 2. The van der Waals surface area contributed by atoms with Gasteiger partial charge in [-0.2, -0.15) is 4.37 Å². The minimum Gasteiger partial charge on any atom is -0.346 e. The summed E-state index contributed by atoms with van der Waals surface area (Å²) in [6.45, 7) is 4.24. The molecule has 4 nitrogen and oxygen atoms in total. The standard InChI is InChI=1S/C14H18N4S/c1-2-5-12(6-3-1)11-13-16-14(19-17-13)18-9-4-7-15-8-10-18/h1-3,5-6,15H,4,7-11H2. The predicted octanol–water partition coefficient (Wildman–Crippen LogP) is 1.93. The van der Waals surface area contributed by atoms with E-state index >= 15 is 0 Å². The average Bonchev–Trinajstić information content (AvgIpc) is 2.74. The molecule has 1 saturated heterocycles. The van der Waals surface area contributed by atoms with Crippen molar-refractivity contribution in [3.05, 3.63) is 41.7 Å². The maximum atomic E-state index is 4.68. The Kier molecular flexibility index (Phi) is 4.05. The summed E-state index contributed by atoms with van der Waals surface area (Å²) in [7, 11) is 0. The second-order valence-corrected chi connectivity index (χ2v) is 5.48. The highest BCUT2D eigenvalue weighted by atomic mass is 32.1. The lowest BCUT2D eigenvalue weighted by Gasteiger charge is -2.17. The Morgan fingerprint density at radius 1 is 1.16 bits per heavy atom. The zero-order chi connectivity index (χ0) is 12.9. The van der Waals surface area contributed by atoms with E-state index in [0.29, 0.717) is 0 Å². The molecule has 100 valence electrons. The Morgan fingerprint density at radius 2 is 2.05 bits per heavy atom. The van der Waals surface area contributed by atoms with Crippen LogP contribution in [0.25, 0.3) is 0 Å². The van der Waals surface area contributed by atoms with Crippen LogP contribution in [0.15, 0.2) is 30.3 Å². The van der Waals surface area contributed by atoms with Gasteiger partial charge >= 0.3 is 0 Å². The van der Waals surface area contributed by atoms with Crippen molar-refractivity contribution in [2.75, 3.05) is 31.1 Å². The molecular weight excluding hydrogens is 256 g/mol. The molecule has 19 heavy (non-hydrogen) atoms. The molecule has 0 saturated carbocycles. The van der Waals surface area contributed by atoms with Gasteiger partial charge in [0, 0.05) is 37.6 Å². The van der Waals surface area contributed by atoms with E-state index in [9.17, 15) is 0 Å². The Labute approximate surface area is 117 Å². The number of nitrogens with zero attached hydrogens (tertiary/aromatic N) is 3. The van der Waals surface area contributed by atoms with Crippen molar-refractivity contribution in [1.82, 2.24) is 14.7 Å². The second kappa shape index (κ2) is 6.12. The molecule has 0 atom stereocenters. The van der Waals surface area contributed by atoms with Gasteiger partial charge in [-0.1, -0.05) is 30.3 Å². The van der Waals surface area contributed by atoms with Gasteiger partial charge in [0.1, 0.15) is 5.82 Å². The third kappa shape index (κ3) is 3.30. The fraction of sp³-hybridized carbons (Fsp3) is 0.429. The molecule has 1 aromatic carbocycles. The van der Waals surface area contributed by atoms with Crippen LogP contribution in [0.3, 0.4) is 0 Å². The molecule has 5 heteroatoms. The van der Waals surface area contributed by atoms with Crippen LogP contribution in [0.1, 0.15) is 17.8 Å². The summed E-state index contributed by atoms with van der Waals surface area (Å²) in [6, 6.07) is 10.4. The largest absolute Gasteiger partial charge is 0.346 e. The highest BCUT2D eigenvalue weighted by molar-refractivity contribution is 7.09. The van der Waals surface area contributed by atoms with E-state index in [4.69, 9.17) is 0 Å². The molecular formula is C14H18N4S. The van der Waals surface area contributed by atoms with Crippen LogP contribution in [-0.4, -0.2) is 35.5 Å². The Hall–Kier alpha value is -1.46. The molecule has 2 heterocycles. The van der Waals surface area contributed by atoms with Crippen LogP contribution < -0.4 is 10.2 Å². The third-order valence-corrected chi connectivity index (χ3v) is 4.09. The third-order valence-electron chi connectivity index (χ3n) is 3.27. The monoisotopic (exact) mass is 274 g/mol. The summed E-state index contributed by atoms with van der Waals surface area (Å²) in [5.41, 5.74) is 1.27. The maximum Gasteiger partial charge on any atom is 0.205 e. The normalized spacial score (nSPS) is 16.3. The summed E-state index contributed by atoms with van der Waals surface area (Å²) in [5, 5.41) is 4.47. The van der Waals surface area contributed by atoms with Crippen molar-refractivity contribution in [3.63, 3.8) is 0 Å². The van der Waals surface area contributed by atoms with Gasteiger partial charge in [0.05, 0.1) is 0 Å². The number of nitrogens with one attached hydrogen (secondary N) is 1. The minimum atomic E-state index is 0.823. The van der Waals surface area contributed by atoms with Crippen molar-refractivity contribution in [1.29, 1.82) is 0 Å². The molecule has 0 radical (unpaired) electrons. The van der Waals surface area contributed by atoms with E-state index < -0.39 is 0 Å². The van der Waals surface area contributed by atoms with Crippen molar-refractivity contribution in [2.45, 2.75) is 12.8 Å². The zero-order valence-corrected chi connectivity index (χ0v) is 11.7. The van der Waals surface area contributed by atoms with Gasteiger partial charge in [0.25, 0.3) is 0 Å². The fourth-order valence-electron chi connectivity index (χ4n) is 2.26. The number of rotatable bonds is 3. The van der Waals surface area contributed by atoms with E-state index in [1.54, 1.807) is 0 Å². The van der Waals surface area contributed by atoms with Crippen LogP contribution >= 0.6 is 11.5 Å². The van der Waals surface area contributed by atoms with Gasteiger partial charge in [0.15, 0.2) is 0 Å². The van der Waals surface area contributed by atoms with Gasteiger partial charge in [-0.05, 0) is 18.5 Å². The molecule has 0 unspecified atom stereocenters. The number of hydrogen-bond acceptors (Lipinski definition) is 5. The van der Waals surface area contributed by atoms with Crippen molar-refractivity contribution >= 4 is 16.7 Å². The van der Waals surface area contributed by atoms with Crippen molar-refractivity contribution < 1.29 is 0 Å². The number of anilines is 1. The first-order chi connectivity index (χ1) is 9.42. The summed E-state index contributed by atoms with van der Waals surface area (Å²) >= 11 is 1.52. The van der Waals surface area contributed by atoms with Gasteiger partial charge < -0.3 is 10.2 Å². The lowest BCUT2D eigenvalue weighted by atomic mass is 10.1. The lowest BCUT2D eigenvalue weighted by molar-refractivity contribution is 0.724. The number of benzene rings is 1. The van der Waals surface area contributed by atoms with Gasteiger partial charge in [-0.25, -0.2) is 4.98 Å². The lowest BCUT2D eigenvalue weighted by Crippen LogP contribution is -2.27. The summed E-state index contributed by atoms with van der Waals surface area (Å²) in [4.78, 5) is 7.02. The van der Waals surface area contributed by atoms with Crippen LogP contribution in [-0.2, 0) is 6.42 Å². The van der Waals surface area contributed by atoms with Gasteiger partial charge in [-0.15, -0.1) is 0 Å². The first kappa shape index (κ1) is 12.6. The molecule has 1 aliphatic heterocycles. The summed E-state index contributed by atoms with van der Waals surface area (Å²) in [5.74, 6) is 0.934. The zero-order valence-electron chi connectivity index (χ0n) is 10.9. The molecule has 1 N–H and O–H groups in total. The molecule has 0 aliphatic carbocycles. The molecule has 1 aliphatic rings. The molecule has 0 amide bonds. The maximum absolute atomic E-state index is 4.68. The average molecular weight is 274 g/mol. The van der Waals surface area contributed by atoms with Crippen molar-refractivity contribution in [2.24, 2.45) is 0 Å². The quantitative estimate of drug-likeness (QED) is 0.928. The van der Waals surface area contributed by atoms with E-state index in [1.165, 1.54) is 23.5 Å². The van der Waals surface area contributed by atoms with E-state index in [1.807, 2.05) is 6.07 Å². The topological polar surface area (TPSA) is 41.1 Å². The molecule has 0 bridgehead atoms. The molecule has 2 aromatic rings. The van der Waals surface area contributed by atoms with Crippen LogP contribution in [0.5, 0.6) is 0 Å². The fourth-order valence-corrected chi connectivity index (χ4v) is 3.00. The summed E-state index contributed by atoms with van der Waals surface area (Å²) < 4.78 is 4.49. The smallest absolute Gasteiger partial charge is 0.205 e. The molecule has 1 aromatic heterocycles. The Morgan fingerprint density at radius 3 is 2.95 bits per heavy atom. The van der Waals surface area contributed by atoms with E-state index in [2.05, 4.69) is 43.8 Å². The van der Waals surface area contributed by atoms with E-state index in [0.717, 1.165) is 43.6 Å². The minimum absolute atomic E-state index is 0.823. The molecule has 0 spiro atoms.